The van der Waals surface area contributed by atoms with Crippen LogP contribution >= 0.6 is 0 Å². The van der Waals surface area contributed by atoms with E-state index in [2.05, 4.69) is 206 Å². The number of furan rings is 1. The van der Waals surface area contributed by atoms with Crippen molar-refractivity contribution in [3.63, 3.8) is 0 Å². The summed E-state index contributed by atoms with van der Waals surface area (Å²) in [6.45, 7) is 2.15. The fourth-order valence-corrected chi connectivity index (χ4v) is 8.08. The van der Waals surface area contributed by atoms with Gasteiger partial charge in [-0.3, -0.25) is 0 Å². The molecular weight excluding hydrogens is 667 g/mol. The summed E-state index contributed by atoms with van der Waals surface area (Å²) >= 11 is 0. The number of benzene rings is 9. The third-order valence-corrected chi connectivity index (χ3v) is 10.8. The fourth-order valence-electron chi connectivity index (χ4n) is 8.08. The number of fused-ring (bicyclic) bond motifs is 4. The van der Waals surface area contributed by atoms with E-state index >= 15 is 0 Å². The molecule has 2 nitrogen and oxygen atoms in total. The minimum atomic E-state index is 0.898. The highest BCUT2D eigenvalue weighted by molar-refractivity contribution is 6.13. The molecule has 0 radical (unpaired) electrons. The Morgan fingerprint density at radius 2 is 0.891 bits per heavy atom. The Kier molecular flexibility index (Phi) is 8.08. The van der Waals surface area contributed by atoms with Crippen molar-refractivity contribution < 1.29 is 4.42 Å². The molecule has 0 aliphatic heterocycles. The second-order valence-corrected chi connectivity index (χ2v) is 14.2. The van der Waals surface area contributed by atoms with Crippen molar-refractivity contribution in [2.75, 3.05) is 4.90 Å². The summed E-state index contributed by atoms with van der Waals surface area (Å²) in [6, 6.07) is 74.0. The fraction of sp³-hybridized carbons (Fsp3) is 0.0189. The lowest BCUT2D eigenvalue weighted by Gasteiger charge is -2.26. The lowest BCUT2D eigenvalue weighted by Crippen LogP contribution is -2.10. The van der Waals surface area contributed by atoms with Gasteiger partial charge in [-0.2, -0.15) is 0 Å². The van der Waals surface area contributed by atoms with E-state index in [1.54, 1.807) is 0 Å². The van der Waals surface area contributed by atoms with Crippen LogP contribution in [0.4, 0.5) is 17.1 Å². The second-order valence-electron chi connectivity index (χ2n) is 14.2. The van der Waals surface area contributed by atoms with E-state index in [0.29, 0.717) is 0 Å². The van der Waals surface area contributed by atoms with Crippen LogP contribution < -0.4 is 4.90 Å². The van der Waals surface area contributed by atoms with Gasteiger partial charge in [-0.25, -0.2) is 0 Å². The smallest absolute Gasteiger partial charge is 0.138 e. The number of para-hydroxylation sites is 1. The standard InChI is InChI=1S/C53H37NO/c1-36-47-20-9-10-24-52(47)55-53(36)43-18-12-19-46(34-43)54(44-29-25-38(26-30-44)41-17-11-16-40(33-41)37-13-3-2-4-14-37)45-31-27-39(28-32-45)51-35-42-15-5-6-21-48(42)49-22-7-8-23-50(49)51/h2-35H,1H3. The number of hydrogen-bond donors (Lipinski definition) is 0. The van der Waals surface area contributed by atoms with Gasteiger partial charge in [-0.05, 0) is 116 Å². The first-order valence-electron chi connectivity index (χ1n) is 18.8. The number of anilines is 3. The molecule has 0 N–H and O–H groups in total. The van der Waals surface area contributed by atoms with Crippen molar-refractivity contribution in [1.29, 1.82) is 0 Å². The molecule has 0 amide bonds. The molecular formula is C53H37NO. The molecule has 0 atom stereocenters. The SMILES string of the molecule is Cc1c(-c2cccc(N(c3ccc(-c4cccc(-c5ccccc5)c4)cc3)c3ccc(-c4cc5ccccc5c5ccccc45)cc3)c2)oc2ccccc12. The van der Waals surface area contributed by atoms with Crippen LogP contribution in [0, 0.1) is 6.92 Å². The van der Waals surface area contributed by atoms with Crippen LogP contribution in [-0.4, -0.2) is 0 Å². The maximum Gasteiger partial charge on any atom is 0.138 e. The normalized spacial score (nSPS) is 11.4. The highest BCUT2D eigenvalue weighted by Crippen LogP contribution is 2.41. The van der Waals surface area contributed by atoms with Crippen molar-refractivity contribution in [2.24, 2.45) is 0 Å². The molecule has 9 aromatic carbocycles. The maximum atomic E-state index is 6.45. The zero-order valence-electron chi connectivity index (χ0n) is 30.5. The predicted octanol–water partition coefficient (Wildman–Crippen LogP) is 15.2. The van der Waals surface area contributed by atoms with E-state index in [4.69, 9.17) is 4.42 Å². The van der Waals surface area contributed by atoms with Gasteiger partial charge in [-0.1, -0.05) is 152 Å². The Labute approximate surface area is 321 Å². The summed E-state index contributed by atoms with van der Waals surface area (Å²) in [4.78, 5) is 2.34. The van der Waals surface area contributed by atoms with Crippen LogP contribution in [0.3, 0.4) is 0 Å². The average Bonchev–Trinajstić information content (AvgIpc) is 3.60. The third-order valence-electron chi connectivity index (χ3n) is 10.8. The molecule has 10 rings (SSSR count). The minimum absolute atomic E-state index is 0.898. The first-order valence-corrected chi connectivity index (χ1v) is 18.8. The van der Waals surface area contributed by atoms with Gasteiger partial charge in [0.2, 0.25) is 0 Å². The molecule has 1 aromatic heterocycles. The highest BCUT2D eigenvalue weighted by atomic mass is 16.3. The van der Waals surface area contributed by atoms with Crippen LogP contribution in [0.5, 0.6) is 0 Å². The number of rotatable bonds is 7. The maximum absolute atomic E-state index is 6.45. The molecule has 0 aliphatic rings. The summed E-state index contributed by atoms with van der Waals surface area (Å²) in [5, 5.41) is 6.19. The topological polar surface area (TPSA) is 16.4 Å². The molecule has 0 fully saturated rings. The van der Waals surface area contributed by atoms with Crippen LogP contribution in [0.1, 0.15) is 5.56 Å². The second kappa shape index (κ2) is 13.7. The Balaban J connectivity index is 1.07. The molecule has 0 aliphatic carbocycles. The van der Waals surface area contributed by atoms with E-state index < -0.39 is 0 Å². The monoisotopic (exact) mass is 703 g/mol. The predicted molar refractivity (Wildman–Crippen MR) is 232 cm³/mol. The molecule has 0 bridgehead atoms. The van der Waals surface area contributed by atoms with Crippen LogP contribution in [0.2, 0.25) is 0 Å². The molecule has 0 saturated heterocycles. The van der Waals surface area contributed by atoms with Gasteiger partial charge in [0.05, 0.1) is 0 Å². The van der Waals surface area contributed by atoms with Crippen LogP contribution in [-0.2, 0) is 0 Å². The molecule has 55 heavy (non-hydrogen) atoms. The van der Waals surface area contributed by atoms with Crippen molar-refractivity contribution in [3.8, 4) is 44.7 Å². The van der Waals surface area contributed by atoms with Crippen molar-refractivity contribution in [2.45, 2.75) is 6.92 Å². The Morgan fingerprint density at radius 1 is 0.345 bits per heavy atom. The van der Waals surface area contributed by atoms with Crippen LogP contribution in [0.25, 0.3) is 77.2 Å². The summed E-state index contributed by atoms with van der Waals surface area (Å²) in [5.74, 6) is 0.898. The van der Waals surface area contributed by atoms with Crippen molar-refractivity contribution in [1.82, 2.24) is 0 Å². The van der Waals surface area contributed by atoms with Gasteiger partial charge >= 0.3 is 0 Å². The number of nitrogens with zero attached hydrogens (tertiary/aromatic N) is 1. The summed E-state index contributed by atoms with van der Waals surface area (Å²) in [6.07, 6.45) is 0. The zero-order valence-corrected chi connectivity index (χ0v) is 30.5. The molecule has 0 saturated carbocycles. The van der Waals surface area contributed by atoms with E-state index in [0.717, 1.165) is 44.9 Å². The van der Waals surface area contributed by atoms with Gasteiger partial charge in [-0.15, -0.1) is 0 Å². The lowest BCUT2D eigenvalue weighted by molar-refractivity contribution is 0.629. The zero-order chi connectivity index (χ0) is 36.7. The van der Waals surface area contributed by atoms with Gasteiger partial charge in [0.15, 0.2) is 0 Å². The van der Waals surface area contributed by atoms with E-state index in [1.807, 2.05) is 12.1 Å². The first kappa shape index (κ1) is 32.5. The van der Waals surface area contributed by atoms with E-state index in [-0.39, 0.29) is 0 Å². The Morgan fingerprint density at radius 3 is 1.62 bits per heavy atom. The first-order chi connectivity index (χ1) is 27.2. The molecule has 0 spiro atoms. The molecule has 10 aromatic rings. The summed E-state index contributed by atoms with van der Waals surface area (Å²) in [7, 11) is 0. The number of aryl methyl sites for hydroxylation is 1. The van der Waals surface area contributed by atoms with E-state index in [1.165, 1.54) is 54.9 Å². The summed E-state index contributed by atoms with van der Waals surface area (Å²) < 4.78 is 6.45. The molecule has 0 unspecified atom stereocenters. The van der Waals surface area contributed by atoms with Gasteiger partial charge < -0.3 is 9.32 Å². The molecule has 2 heteroatoms. The van der Waals surface area contributed by atoms with Gasteiger partial charge in [0.1, 0.15) is 11.3 Å². The average molecular weight is 704 g/mol. The quantitative estimate of drug-likeness (QED) is 0.154. The van der Waals surface area contributed by atoms with Gasteiger partial charge in [0, 0.05) is 33.6 Å². The van der Waals surface area contributed by atoms with Crippen LogP contribution in [0.15, 0.2) is 211 Å². The van der Waals surface area contributed by atoms with Crippen molar-refractivity contribution in [3.05, 3.63) is 212 Å². The Bertz CT molecular complexity index is 2970. The molecule has 1 heterocycles. The van der Waals surface area contributed by atoms with E-state index in [9.17, 15) is 0 Å². The number of hydrogen-bond acceptors (Lipinski definition) is 2. The minimum Gasteiger partial charge on any atom is -0.456 e. The van der Waals surface area contributed by atoms with Gasteiger partial charge in [0.25, 0.3) is 0 Å². The Hall–Kier alpha value is -7.16. The highest BCUT2D eigenvalue weighted by Gasteiger charge is 2.18. The summed E-state index contributed by atoms with van der Waals surface area (Å²) in [5.41, 5.74) is 13.5. The molecule has 260 valence electrons. The largest absolute Gasteiger partial charge is 0.456 e. The third kappa shape index (κ3) is 5.95. The van der Waals surface area contributed by atoms with Crippen molar-refractivity contribution >= 4 is 49.6 Å². The lowest BCUT2D eigenvalue weighted by atomic mass is 9.93.